The molecule has 0 saturated heterocycles. The van der Waals surface area contributed by atoms with E-state index in [0.29, 0.717) is 12.0 Å². The quantitative estimate of drug-likeness (QED) is 0.705. The zero-order valence-electron chi connectivity index (χ0n) is 13.9. The first-order valence-corrected chi connectivity index (χ1v) is 8.29. The van der Waals surface area contributed by atoms with Gasteiger partial charge in [-0.2, -0.15) is 5.10 Å². The second-order valence-electron chi connectivity index (χ2n) is 6.16. The third-order valence-electron chi connectivity index (χ3n) is 4.40. The van der Waals surface area contributed by atoms with Crippen molar-refractivity contribution in [2.45, 2.75) is 19.4 Å². The van der Waals surface area contributed by atoms with E-state index >= 15 is 0 Å². The van der Waals surface area contributed by atoms with E-state index in [1.165, 1.54) is 5.56 Å². The molecule has 1 aliphatic rings. The Kier molecular flexibility index (Phi) is 3.94. The lowest BCUT2D eigenvalue weighted by molar-refractivity contribution is 0.0693. The van der Waals surface area contributed by atoms with Gasteiger partial charge in [-0.1, -0.05) is 48.0 Å². The number of hydrogen-bond donors (Lipinski definition) is 0. The van der Waals surface area contributed by atoms with Crippen LogP contribution in [0.4, 0.5) is 0 Å². The van der Waals surface area contributed by atoms with Crippen LogP contribution >= 0.6 is 0 Å². The van der Waals surface area contributed by atoms with Gasteiger partial charge in [-0.3, -0.25) is 4.79 Å². The van der Waals surface area contributed by atoms with Crippen LogP contribution in [0.3, 0.4) is 0 Å². The van der Waals surface area contributed by atoms with Gasteiger partial charge in [0.15, 0.2) is 0 Å². The number of furan rings is 1. The van der Waals surface area contributed by atoms with Gasteiger partial charge < -0.3 is 4.42 Å². The molecule has 2 aromatic carbocycles. The number of hydrogen-bond acceptors (Lipinski definition) is 3. The number of carbonyl (C=O) groups is 1. The van der Waals surface area contributed by atoms with Crippen LogP contribution in [0.15, 0.2) is 82.5 Å². The third-order valence-corrected chi connectivity index (χ3v) is 4.40. The second kappa shape index (κ2) is 6.40. The monoisotopic (exact) mass is 330 g/mol. The smallest absolute Gasteiger partial charge is 0.274 e. The Morgan fingerprint density at radius 3 is 2.48 bits per heavy atom. The summed E-state index contributed by atoms with van der Waals surface area (Å²) in [6, 6.07) is 20.9. The van der Waals surface area contributed by atoms with Crippen LogP contribution in [0.2, 0.25) is 0 Å². The Morgan fingerprint density at radius 1 is 1.04 bits per heavy atom. The first-order chi connectivity index (χ1) is 12.2. The molecule has 0 bridgehead atoms. The molecule has 0 unspecified atom stereocenters. The van der Waals surface area contributed by atoms with E-state index in [4.69, 9.17) is 4.42 Å². The molecule has 1 aliphatic heterocycles. The molecular formula is C21H18N2O2. The first kappa shape index (κ1) is 15.4. The predicted molar refractivity (Wildman–Crippen MR) is 96.4 cm³/mol. The van der Waals surface area contributed by atoms with Gasteiger partial charge in [-0.15, -0.1) is 0 Å². The normalized spacial score (nSPS) is 16.8. The Morgan fingerprint density at radius 2 is 1.80 bits per heavy atom. The van der Waals surface area contributed by atoms with E-state index in [9.17, 15) is 4.79 Å². The Bertz CT molecular complexity index is 897. The summed E-state index contributed by atoms with van der Waals surface area (Å²) in [5, 5.41) is 6.19. The van der Waals surface area contributed by atoms with E-state index in [1.807, 2.05) is 42.5 Å². The fourth-order valence-corrected chi connectivity index (χ4v) is 3.03. The molecule has 4 heteroatoms. The summed E-state index contributed by atoms with van der Waals surface area (Å²) in [6.07, 6.45) is 2.26. The lowest BCUT2D eigenvalue weighted by Crippen LogP contribution is -2.26. The molecule has 0 aliphatic carbocycles. The highest BCUT2D eigenvalue weighted by molar-refractivity contribution is 6.05. The van der Waals surface area contributed by atoms with E-state index in [1.54, 1.807) is 23.4 Å². The first-order valence-electron chi connectivity index (χ1n) is 8.29. The fourth-order valence-electron chi connectivity index (χ4n) is 3.03. The zero-order valence-corrected chi connectivity index (χ0v) is 13.9. The van der Waals surface area contributed by atoms with Gasteiger partial charge >= 0.3 is 0 Å². The standard InChI is InChI=1S/C21H18N2O2/c1-15-9-11-16(12-10-15)18-14-19(20-8-5-13-25-20)23(22-18)21(24)17-6-3-2-4-7-17/h2-13,19H,14H2,1H3/t19-/m0/s1. The Hall–Kier alpha value is -3.14. The Balaban J connectivity index is 1.71. The lowest BCUT2D eigenvalue weighted by atomic mass is 10.0. The van der Waals surface area contributed by atoms with Crippen LogP contribution in [0, 0.1) is 6.92 Å². The maximum Gasteiger partial charge on any atom is 0.274 e. The summed E-state index contributed by atoms with van der Waals surface area (Å²) in [5.41, 5.74) is 3.74. The summed E-state index contributed by atoms with van der Waals surface area (Å²) < 4.78 is 5.57. The summed E-state index contributed by atoms with van der Waals surface area (Å²) in [7, 11) is 0. The van der Waals surface area contributed by atoms with Crippen molar-refractivity contribution in [1.82, 2.24) is 5.01 Å². The molecule has 124 valence electrons. The predicted octanol–water partition coefficient (Wildman–Crippen LogP) is 4.58. The van der Waals surface area contributed by atoms with E-state index in [-0.39, 0.29) is 11.9 Å². The van der Waals surface area contributed by atoms with Crippen molar-refractivity contribution in [2.24, 2.45) is 5.10 Å². The maximum absolute atomic E-state index is 13.0. The highest BCUT2D eigenvalue weighted by atomic mass is 16.3. The molecule has 4 rings (SSSR count). The average Bonchev–Trinajstić information content (AvgIpc) is 3.32. The van der Waals surface area contributed by atoms with Gasteiger partial charge in [0.1, 0.15) is 11.8 Å². The number of hydrazone groups is 1. The molecule has 4 nitrogen and oxygen atoms in total. The molecular weight excluding hydrogens is 312 g/mol. The molecule has 25 heavy (non-hydrogen) atoms. The number of benzene rings is 2. The molecule has 2 heterocycles. The van der Waals surface area contributed by atoms with Crippen LogP contribution in [0.5, 0.6) is 0 Å². The van der Waals surface area contributed by atoms with Gasteiger partial charge in [0, 0.05) is 12.0 Å². The lowest BCUT2D eigenvalue weighted by Gasteiger charge is -2.19. The molecule has 1 aromatic heterocycles. The molecule has 0 fully saturated rings. The average molecular weight is 330 g/mol. The summed E-state index contributed by atoms with van der Waals surface area (Å²) in [6.45, 7) is 2.05. The van der Waals surface area contributed by atoms with Crippen molar-refractivity contribution in [1.29, 1.82) is 0 Å². The summed E-state index contributed by atoms with van der Waals surface area (Å²) in [5.74, 6) is 0.624. The molecule has 1 amide bonds. The van der Waals surface area contributed by atoms with Crippen LogP contribution in [-0.4, -0.2) is 16.6 Å². The van der Waals surface area contributed by atoms with Crippen molar-refractivity contribution in [3.05, 3.63) is 95.4 Å². The maximum atomic E-state index is 13.0. The number of carbonyl (C=O) groups excluding carboxylic acids is 1. The number of aryl methyl sites for hydroxylation is 1. The van der Waals surface area contributed by atoms with Crippen molar-refractivity contribution < 1.29 is 9.21 Å². The zero-order chi connectivity index (χ0) is 17.2. The Labute approximate surface area is 146 Å². The van der Waals surface area contributed by atoms with Gasteiger partial charge in [0.25, 0.3) is 5.91 Å². The van der Waals surface area contributed by atoms with E-state index in [0.717, 1.165) is 17.0 Å². The SMILES string of the molecule is Cc1ccc(C2=NN(C(=O)c3ccccc3)[C@H](c3ccco3)C2)cc1. The molecule has 1 atom stereocenters. The third kappa shape index (κ3) is 2.98. The highest BCUT2D eigenvalue weighted by Gasteiger charge is 2.35. The summed E-state index contributed by atoms with van der Waals surface area (Å²) in [4.78, 5) is 13.0. The highest BCUT2D eigenvalue weighted by Crippen LogP contribution is 2.34. The van der Waals surface area contributed by atoms with Crippen molar-refractivity contribution in [3.63, 3.8) is 0 Å². The van der Waals surface area contributed by atoms with Gasteiger partial charge in [-0.05, 0) is 36.8 Å². The molecule has 0 radical (unpaired) electrons. The number of nitrogens with zero attached hydrogens (tertiary/aromatic N) is 2. The van der Waals surface area contributed by atoms with Crippen molar-refractivity contribution >= 4 is 11.6 Å². The minimum Gasteiger partial charge on any atom is -0.467 e. The molecule has 0 spiro atoms. The van der Waals surface area contributed by atoms with E-state index < -0.39 is 0 Å². The number of rotatable bonds is 3. The minimum absolute atomic E-state index is 0.121. The van der Waals surface area contributed by atoms with Crippen LogP contribution < -0.4 is 0 Å². The molecule has 0 N–H and O–H groups in total. The van der Waals surface area contributed by atoms with E-state index in [2.05, 4.69) is 24.2 Å². The molecule has 0 saturated carbocycles. The van der Waals surface area contributed by atoms with Crippen LogP contribution in [0.25, 0.3) is 0 Å². The van der Waals surface area contributed by atoms with Gasteiger partial charge in [-0.25, -0.2) is 5.01 Å². The fraction of sp³-hybridized carbons (Fsp3) is 0.143. The van der Waals surface area contributed by atoms with Crippen LogP contribution in [0.1, 0.15) is 39.7 Å². The molecule has 3 aromatic rings. The minimum atomic E-state index is -0.223. The van der Waals surface area contributed by atoms with Gasteiger partial charge in [0.05, 0.1) is 12.0 Å². The van der Waals surface area contributed by atoms with Crippen LogP contribution in [-0.2, 0) is 0 Å². The summed E-state index contributed by atoms with van der Waals surface area (Å²) >= 11 is 0. The second-order valence-corrected chi connectivity index (χ2v) is 6.16. The van der Waals surface area contributed by atoms with Gasteiger partial charge in [0.2, 0.25) is 0 Å². The number of amides is 1. The largest absolute Gasteiger partial charge is 0.467 e. The van der Waals surface area contributed by atoms with Crippen molar-refractivity contribution in [3.8, 4) is 0 Å². The van der Waals surface area contributed by atoms with Crippen molar-refractivity contribution in [2.75, 3.05) is 0 Å². The topological polar surface area (TPSA) is 45.8 Å².